The molecule has 0 bridgehead atoms. The SMILES string of the molecule is C[C@H](NC(=O)c1ccc(S(=O)(=O)N2CCCCCC2)cc1)c1ccc(-n2cncn2)cc1. The van der Waals surface area contributed by atoms with Gasteiger partial charge in [-0.1, -0.05) is 25.0 Å². The normalized spacial score (nSPS) is 16.3. The van der Waals surface area contributed by atoms with E-state index < -0.39 is 10.0 Å². The molecule has 1 saturated heterocycles. The Hall–Kier alpha value is -3.04. The number of nitrogens with one attached hydrogen (secondary N) is 1. The Bertz CT molecular complexity index is 1140. The Labute approximate surface area is 188 Å². The molecule has 1 atom stereocenters. The van der Waals surface area contributed by atoms with Gasteiger partial charge in [-0.05, 0) is 61.7 Å². The van der Waals surface area contributed by atoms with Gasteiger partial charge in [0.05, 0.1) is 16.6 Å². The van der Waals surface area contributed by atoms with Gasteiger partial charge >= 0.3 is 0 Å². The van der Waals surface area contributed by atoms with Crippen LogP contribution in [-0.4, -0.2) is 46.5 Å². The number of rotatable bonds is 6. The molecule has 0 spiro atoms. The fourth-order valence-electron chi connectivity index (χ4n) is 3.83. The van der Waals surface area contributed by atoms with E-state index >= 15 is 0 Å². The summed E-state index contributed by atoms with van der Waals surface area (Å²) in [6.07, 6.45) is 6.99. The highest BCUT2D eigenvalue weighted by Gasteiger charge is 2.25. The quantitative estimate of drug-likeness (QED) is 0.618. The van der Waals surface area contributed by atoms with Gasteiger partial charge < -0.3 is 5.32 Å². The zero-order chi connectivity index (χ0) is 22.6. The summed E-state index contributed by atoms with van der Waals surface area (Å²) >= 11 is 0. The van der Waals surface area contributed by atoms with Gasteiger partial charge in [0.2, 0.25) is 10.0 Å². The average Bonchev–Trinajstić information content (AvgIpc) is 3.20. The van der Waals surface area contributed by atoms with Crippen molar-refractivity contribution in [1.82, 2.24) is 24.4 Å². The minimum Gasteiger partial charge on any atom is -0.346 e. The van der Waals surface area contributed by atoms with Gasteiger partial charge in [0.25, 0.3) is 5.91 Å². The van der Waals surface area contributed by atoms with E-state index in [4.69, 9.17) is 0 Å². The Morgan fingerprint density at radius 1 is 0.969 bits per heavy atom. The largest absolute Gasteiger partial charge is 0.346 e. The number of hydrogen-bond donors (Lipinski definition) is 1. The van der Waals surface area contributed by atoms with Crippen LogP contribution < -0.4 is 5.32 Å². The summed E-state index contributed by atoms with van der Waals surface area (Å²) in [6, 6.07) is 13.6. The van der Waals surface area contributed by atoms with Crippen LogP contribution in [0.1, 0.15) is 54.6 Å². The second kappa shape index (κ2) is 9.62. The minimum absolute atomic E-state index is 0.215. The Morgan fingerprint density at radius 2 is 1.62 bits per heavy atom. The summed E-state index contributed by atoms with van der Waals surface area (Å²) in [5, 5.41) is 7.06. The van der Waals surface area contributed by atoms with Crippen molar-refractivity contribution in [3.8, 4) is 5.69 Å². The van der Waals surface area contributed by atoms with E-state index in [0.29, 0.717) is 18.7 Å². The van der Waals surface area contributed by atoms with Gasteiger partial charge in [0, 0.05) is 18.7 Å². The van der Waals surface area contributed by atoms with E-state index in [2.05, 4.69) is 15.4 Å². The highest BCUT2D eigenvalue weighted by Crippen LogP contribution is 2.21. The number of amides is 1. The predicted octanol–water partition coefficient (Wildman–Crippen LogP) is 3.32. The lowest BCUT2D eigenvalue weighted by Crippen LogP contribution is -2.32. The second-order valence-corrected chi connectivity index (χ2v) is 9.91. The van der Waals surface area contributed by atoms with Gasteiger partial charge in [-0.2, -0.15) is 9.40 Å². The number of aromatic nitrogens is 3. The topological polar surface area (TPSA) is 97.2 Å². The molecule has 1 N–H and O–H groups in total. The van der Waals surface area contributed by atoms with Crippen LogP contribution in [0, 0.1) is 0 Å². The molecule has 9 heteroatoms. The van der Waals surface area contributed by atoms with Crippen molar-refractivity contribution in [2.75, 3.05) is 13.1 Å². The fourth-order valence-corrected chi connectivity index (χ4v) is 5.35. The minimum atomic E-state index is -3.53. The van der Waals surface area contributed by atoms with Gasteiger partial charge in [0.1, 0.15) is 12.7 Å². The molecule has 8 nitrogen and oxygen atoms in total. The highest BCUT2D eigenvalue weighted by molar-refractivity contribution is 7.89. The number of sulfonamides is 1. The molecule has 1 fully saturated rings. The molecule has 1 aliphatic heterocycles. The van der Waals surface area contributed by atoms with Crippen molar-refractivity contribution >= 4 is 15.9 Å². The van der Waals surface area contributed by atoms with Crippen LogP contribution >= 0.6 is 0 Å². The van der Waals surface area contributed by atoms with Crippen LogP contribution in [0.25, 0.3) is 5.69 Å². The van der Waals surface area contributed by atoms with Crippen molar-refractivity contribution in [2.45, 2.75) is 43.5 Å². The highest BCUT2D eigenvalue weighted by atomic mass is 32.2. The average molecular weight is 454 g/mol. The molecule has 1 amide bonds. The third-order valence-electron chi connectivity index (χ3n) is 5.74. The first kappa shape index (κ1) is 22.2. The number of carbonyl (C=O) groups excluding carboxylic acids is 1. The standard InChI is InChI=1S/C23H27N5O3S/c1-18(19-6-10-21(11-7-19)28-17-24-16-25-28)26-23(29)20-8-12-22(13-9-20)32(30,31)27-14-4-2-3-5-15-27/h6-13,16-18H,2-5,14-15H2,1H3,(H,26,29)/t18-/m0/s1. The molecular weight excluding hydrogens is 426 g/mol. The lowest BCUT2D eigenvalue weighted by Gasteiger charge is -2.20. The summed E-state index contributed by atoms with van der Waals surface area (Å²) in [6.45, 7) is 3.01. The lowest BCUT2D eigenvalue weighted by atomic mass is 10.1. The molecule has 1 aromatic heterocycles. The zero-order valence-corrected chi connectivity index (χ0v) is 18.8. The van der Waals surface area contributed by atoms with E-state index in [1.54, 1.807) is 27.4 Å². The molecule has 0 saturated carbocycles. The van der Waals surface area contributed by atoms with Gasteiger partial charge in [0.15, 0.2) is 0 Å². The molecule has 0 aliphatic carbocycles. The molecular formula is C23H27N5O3S. The van der Waals surface area contributed by atoms with E-state index in [-0.39, 0.29) is 16.8 Å². The number of hydrogen-bond acceptors (Lipinski definition) is 5. The first-order chi connectivity index (χ1) is 15.4. The summed E-state index contributed by atoms with van der Waals surface area (Å²) in [4.78, 5) is 16.9. The lowest BCUT2D eigenvalue weighted by molar-refractivity contribution is 0.0939. The summed E-state index contributed by atoms with van der Waals surface area (Å²) in [5.41, 5.74) is 2.25. The van der Waals surface area contributed by atoms with E-state index in [1.807, 2.05) is 31.2 Å². The first-order valence-electron chi connectivity index (χ1n) is 10.8. The molecule has 0 radical (unpaired) electrons. The van der Waals surface area contributed by atoms with Crippen molar-refractivity contribution in [3.63, 3.8) is 0 Å². The van der Waals surface area contributed by atoms with Crippen LogP contribution in [-0.2, 0) is 10.0 Å². The van der Waals surface area contributed by atoms with Gasteiger partial charge in [-0.15, -0.1) is 0 Å². The maximum absolute atomic E-state index is 12.9. The maximum atomic E-state index is 12.9. The monoisotopic (exact) mass is 453 g/mol. The number of carbonyl (C=O) groups is 1. The third-order valence-corrected chi connectivity index (χ3v) is 7.66. The van der Waals surface area contributed by atoms with Crippen molar-refractivity contribution < 1.29 is 13.2 Å². The smallest absolute Gasteiger partial charge is 0.251 e. The van der Waals surface area contributed by atoms with Crippen molar-refractivity contribution in [3.05, 3.63) is 72.3 Å². The first-order valence-corrected chi connectivity index (χ1v) is 12.3. The maximum Gasteiger partial charge on any atom is 0.251 e. The molecule has 2 heterocycles. The Balaban J connectivity index is 1.41. The van der Waals surface area contributed by atoms with Crippen LogP contribution in [0.2, 0.25) is 0 Å². The van der Waals surface area contributed by atoms with E-state index in [0.717, 1.165) is 36.9 Å². The van der Waals surface area contributed by atoms with E-state index in [9.17, 15) is 13.2 Å². The Morgan fingerprint density at radius 3 is 2.22 bits per heavy atom. The van der Waals surface area contributed by atoms with Gasteiger partial charge in [-0.3, -0.25) is 4.79 Å². The van der Waals surface area contributed by atoms with Crippen LogP contribution in [0.3, 0.4) is 0 Å². The summed E-state index contributed by atoms with van der Waals surface area (Å²) in [7, 11) is -3.53. The third kappa shape index (κ3) is 4.89. The molecule has 0 unspecified atom stereocenters. The molecule has 168 valence electrons. The number of benzene rings is 2. The molecule has 32 heavy (non-hydrogen) atoms. The molecule has 3 aromatic rings. The number of nitrogens with zero attached hydrogens (tertiary/aromatic N) is 4. The second-order valence-electron chi connectivity index (χ2n) is 7.97. The molecule has 1 aliphatic rings. The molecule has 2 aromatic carbocycles. The fraction of sp³-hybridized carbons (Fsp3) is 0.348. The van der Waals surface area contributed by atoms with Crippen molar-refractivity contribution in [2.24, 2.45) is 0 Å². The molecule has 4 rings (SSSR count). The van der Waals surface area contributed by atoms with Crippen LogP contribution in [0.5, 0.6) is 0 Å². The van der Waals surface area contributed by atoms with Crippen LogP contribution in [0.4, 0.5) is 0 Å². The predicted molar refractivity (Wildman–Crippen MR) is 121 cm³/mol. The van der Waals surface area contributed by atoms with Crippen LogP contribution in [0.15, 0.2) is 66.1 Å². The summed E-state index contributed by atoms with van der Waals surface area (Å²) < 4.78 is 29.0. The van der Waals surface area contributed by atoms with E-state index in [1.165, 1.54) is 18.5 Å². The van der Waals surface area contributed by atoms with Gasteiger partial charge in [-0.25, -0.2) is 18.1 Å². The summed E-state index contributed by atoms with van der Waals surface area (Å²) in [5.74, 6) is -0.253. The zero-order valence-electron chi connectivity index (χ0n) is 18.0. The Kier molecular flexibility index (Phi) is 6.66. The van der Waals surface area contributed by atoms with Crippen molar-refractivity contribution in [1.29, 1.82) is 0 Å².